The Balaban J connectivity index is 2.08. The van der Waals surface area contributed by atoms with Crippen LogP contribution in [0.25, 0.3) is 0 Å². The summed E-state index contributed by atoms with van der Waals surface area (Å²) in [7, 11) is 0. The normalized spacial score (nSPS) is 27.6. The van der Waals surface area contributed by atoms with E-state index in [9.17, 15) is 19.8 Å². The summed E-state index contributed by atoms with van der Waals surface area (Å²) in [6, 6.07) is 1.82. The molecule has 170 valence electrons. The zero-order valence-corrected chi connectivity index (χ0v) is 19.8. The third-order valence-corrected chi connectivity index (χ3v) is 7.58. The predicted octanol–water partition coefficient (Wildman–Crippen LogP) is 4.86. The topological polar surface area (TPSA) is 83.8 Å². The van der Waals surface area contributed by atoms with Crippen LogP contribution in [0.4, 0.5) is 0 Å². The van der Waals surface area contributed by atoms with Crippen molar-refractivity contribution < 1.29 is 24.5 Å². The number of hydrogen-bond acceptors (Lipinski definition) is 5. The largest absolute Gasteiger partial charge is 0.477 e. The highest BCUT2D eigenvalue weighted by atomic mass is 32.1. The van der Waals surface area contributed by atoms with Gasteiger partial charge in [-0.15, -0.1) is 11.3 Å². The number of rotatable bonds is 5. The maximum Gasteiger partial charge on any atom is 0.346 e. The van der Waals surface area contributed by atoms with Crippen molar-refractivity contribution in [3.05, 3.63) is 21.4 Å². The van der Waals surface area contributed by atoms with Crippen molar-refractivity contribution >= 4 is 23.1 Å². The molecule has 1 aromatic rings. The fourth-order valence-corrected chi connectivity index (χ4v) is 5.73. The second-order valence-corrected chi connectivity index (χ2v) is 11.2. The van der Waals surface area contributed by atoms with Crippen molar-refractivity contribution in [2.45, 2.75) is 77.7 Å². The lowest BCUT2D eigenvalue weighted by Crippen LogP contribution is -2.52. The highest BCUT2D eigenvalue weighted by molar-refractivity contribution is 7.14. The first-order valence-electron chi connectivity index (χ1n) is 11.2. The number of aliphatic hydroxyl groups is 1. The Kier molecular flexibility index (Phi) is 7.30. The number of aliphatic hydroxyl groups excluding tert-OH is 1. The molecule has 1 aromatic heterocycles. The molecule has 5 nitrogen and oxygen atoms in total. The third-order valence-electron chi connectivity index (χ3n) is 6.52. The molecule has 0 bridgehead atoms. The molecule has 31 heavy (non-hydrogen) atoms. The Labute approximate surface area is 189 Å². The molecular formula is C25H34O5S. The van der Waals surface area contributed by atoms with Crippen LogP contribution in [0.1, 0.15) is 92.3 Å². The van der Waals surface area contributed by atoms with Crippen molar-refractivity contribution in [2.75, 3.05) is 13.2 Å². The van der Waals surface area contributed by atoms with E-state index in [-0.39, 0.29) is 35.0 Å². The molecule has 1 aliphatic carbocycles. The van der Waals surface area contributed by atoms with Gasteiger partial charge in [0.1, 0.15) is 10.5 Å². The van der Waals surface area contributed by atoms with Gasteiger partial charge in [0, 0.05) is 18.4 Å². The lowest BCUT2D eigenvalue weighted by Gasteiger charge is -2.45. The first-order chi connectivity index (χ1) is 14.6. The fraction of sp³-hybridized carbons (Fsp3) is 0.680. The van der Waals surface area contributed by atoms with Crippen LogP contribution in [0.5, 0.6) is 0 Å². The molecular weight excluding hydrogens is 412 g/mol. The lowest BCUT2D eigenvalue weighted by atomic mass is 9.66. The van der Waals surface area contributed by atoms with Gasteiger partial charge < -0.3 is 14.9 Å². The molecule has 1 unspecified atom stereocenters. The summed E-state index contributed by atoms with van der Waals surface area (Å²) in [5, 5.41) is 19.5. The highest BCUT2D eigenvalue weighted by Gasteiger charge is 2.50. The third kappa shape index (κ3) is 5.39. The first-order valence-corrected chi connectivity index (χ1v) is 12.1. The molecule has 0 radical (unpaired) electrons. The first kappa shape index (κ1) is 24.0. The maximum absolute atomic E-state index is 13.7. The van der Waals surface area contributed by atoms with E-state index in [1.807, 2.05) is 26.8 Å². The Morgan fingerprint density at radius 3 is 2.55 bits per heavy atom. The van der Waals surface area contributed by atoms with Crippen LogP contribution in [0.3, 0.4) is 0 Å². The minimum absolute atomic E-state index is 0.0457. The summed E-state index contributed by atoms with van der Waals surface area (Å²) in [5.74, 6) is 4.91. The molecule has 2 heterocycles. The second kappa shape index (κ2) is 9.44. The number of carboxylic acid groups (broad SMARTS) is 1. The number of carbonyl (C=O) groups is 2. The summed E-state index contributed by atoms with van der Waals surface area (Å²) in [6.07, 6.45) is 5.76. The molecule has 0 aromatic carbocycles. The SMILES string of the molecule is CC(C)(C)C#Cc1cc(C2C(=O)[C@](C)(CCO)OC[C@H]2C2CCCCC2)c(C(=O)O)s1. The van der Waals surface area contributed by atoms with E-state index in [1.54, 1.807) is 6.92 Å². The quantitative estimate of drug-likeness (QED) is 0.631. The number of carbonyl (C=O) groups excluding carboxylic acids is 1. The van der Waals surface area contributed by atoms with Crippen LogP contribution in [0.15, 0.2) is 6.07 Å². The molecule has 0 amide bonds. The number of carboxylic acids is 1. The Bertz CT molecular complexity index is 878. The van der Waals surface area contributed by atoms with E-state index >= 15 is 0 Å². The van der Waals surface area contributed by atoms with Gasteiger partial charge in [-0.2, -0.15) is 0 Å². The summed E-state index contributed by atoms with van der Waals surface area (Å²) >= 11 is 1.15. The van der Waals surface area contributed by atoms with E-state index in [0.717, 1.165) is 37.0 Å². The van der Waals surface area contributed by atoms with Crippen LogP contribution in [0.2, 0.25) is 0 Å². The van der Waals surface area contributed by atoms with Crippen LogP contribution in [-0.4, -0.2) is 40.8 Å². The zero-order chi connectivity index (χ0) is 22.8. The van der Waals surface area contributed by atoms with Crippen LogP contribution < -0.4 is 0 Å². The molecule has 1 saturated heterocycles. The summed E-state index contributed by atoms with van der Waals surface area (Å²) in [6.45, 7) is 8.01. The minimum Gasteiger partial charge on any atom is -0.477 e. The van der Waals surface area contributed by atoms with Crippen molar-refractivity contribution in [1.29, 1.82) is 0 Å². The van der Waals surface area contributed by atoms with Gasteiger partial charge in [0.05, 0.1) is 17.4 Å². The van der Waals surface area contributed by atoms with Gasteiger partial charge in [-0.25, -0.2) is 4.79 Å². The molecule has 2 aliphatic rings. The monoisotopic (exact) mass is 446 g/mol. The maximum atomic E-state index is 13.7. The number of aromatic carboxylic acids is 1. The summed E-state index contributed by atoms with van der Waals surface area (Å²) in [5.41, 5.74) is -0.727. The van der Waals surface area contributed by atoms with Gasteiger partial charge in [-0.3, -0.25) is 4.79 Å². The second-order valence-electron chi connectivity index (χ2n) is 10.1. The number of hydrogen-bond donors (Lipinski definition) is 2. The highest BCUT2D eigenvalue weighted by Crippen LogP contribution is 2.47. The summed E-state index contributed by atoms with van der Waals surface area (Å²) in [4.78, 5) is 26.7. The smallest absolute Gasteiger partial charge is 0.346 e. The van der Waals surface area contributed by atoms with Crippen LogP contribution in [0, 0.1) is 29.1 Å². The number of ketones is 1. The molecule has 0 spiro atoms. The molecule has 2 N–H and O–H groups in total. The van der Waals surface area contributed by atoms with Crippen molar-refractivity contribution in [1.82, 2.24) is 0 Å². The molecule has 3 rings (SSSR count). The van der Waals surface area contributed by atoms with E-state index in [0.29, 0.717) is 23.0 Å². The standard InChI is InChI=1S/C25H34O5S/c1-24(2,3)11-10-17-14-18(21(31-17)23(28)29)20-19(16-8-6-5-7-9-16)15-30-25(4,12-13-26)22(20)27/h14,16,19-20,26H,5-9,12-13,15H2,1-4H3,(H,28,29)/t19-,20?,25-/m0/s1. The van der Waals surface area contributed by atoms with E-state index < -0.39 is 17.5 Å². The van der Waals surface area contributed by atoms with Gasteiger partial charge in [-0.05, 0) is 51.2 Å². The molecule has 1 saturated carbocycles. The van der Waals surface area contributed by atoms with Gasteiger partial charge in [-0.1, -0.05) is 43.9 Å². The van der Waals surface area contributed by atoms with Crippen LogP contribution in [-0.2, 0) is 9.53 Å². The Hall–Kier alpha value is -1.68. The minimum atomic E-state index is -1.10. The molecule has 6 heteroatoms. The fourth-order valence-electron chi connectivity index (χ4n) is 4.84. The van der Waals surface area contributed by atoms with Crippen molar-refractivity contribution in [3.8, 4) is 11.8 Å². The van der Waals surface area contributed by atoms with Crippen LogP contribution >= 0.6 is 11.3 Å². The van der Waals surface area contributed by atoms with Gasteiger partial charge in [0.25, 0.3) is 0 Å². The Morgan fingerprint density at radius 2 is 1.97 bits per heavy atom. The summed E-state index contributed by atoms with van der Waals surface area (Å²) < 4.78 is 6.05. The van der Waals surface area contributed by atoms with Crippen molar-refractivity contribution in [2.24, 2.45) is 17.3 Å². The van der Waals surface area contributed by atoms with E-state index in [4.69, 9.17) is 4.74 Å². The molecule has 2 fully saturated rings. The van der Waals surface area contributed by atoms with Crippen molar-refractivity contribution in [3.63, 3.8) is 0 Å². The Morgan fingerprint density at radius 1 is 1.29 bits per heavy atom. The molecule has 1 aliphatic heterocycles. The predicted molar refractivity (Wildman–Crippen MR) is 121 cm³/mol. The molecule has 3 atom stereocenters. The average Bonchev–Trinajstić information content (AvgIpc) is 3.13. The average molecular weight is 447 g/mol. The van der Waals surface area contributed by atoms with Gasteiger partial charge in [0.2, 0.25) is 0 Å². The van der Waals surface area contributed by atoms with E-state index in [1.165, 1.54) is 6.42 Å². The lowest BCUT2D eigenvalue weighted by molar-refractivity contribution is -0.164. The van der Waals surface area contributed by atoms with E-state index in [2.05, 4.69) is 11.8 Å². The van der Waals surface area contributed by atoms with Gasteiger partial charge >= 0.3 is 5.97 Å². The number of ether oxygens (including phenoxy) is 1. The zero-order valence-electron chi connectivity index (χ0n) is 19.0. The number of thiophene rings is 1. The number of Topliss-reactive ketones (excluding diaryl/α,β-unsaturated/α-hetero) is 1. The van der Waals surface area contributed by atoms with Gasteiger partial charge in [0.15, 0.2) is 5.78 Å².